The first-order valence-electron chi connectivity index (χ1n) is 5.35. The van der Waals surface area contributed by atoms with Gasteiger partial charge in [-0.3, -0.25) is 0 Å². The summed E-state index contributed by atoms with van der Waals surface area (Å²) in [5.74, 6) is 0.679. The molecular weight excluding hydrogens is 214 g/mol. The molecule has 0 amide bonds. The highest BCUT2D eigenvalue weighted by Gasteiger charge is 2.13. The summed E-state index contributed by atoms with van der Waals surface area (Å²) < 4.78 is 1.67. The van der Waals surface area contributed by atoms with Crippen LogP contribution in [0, 0.1) is 6.92 Å². The molecule has 0 radical (unpaired) electrons. The van der Waals surface area contributed by atoms with E-state index in [1.54, 1.807) is 4.68 Å². The molecule has 3 N–H and O–H groups in total. The van der Waals surface area contributed by atoms with Crippen LogP contribution in [0.25, 0.3) is 5.69 Å². The van der Waals surface area contributed by atoms with Crippen LogP contribution in [0.1, 0.15) is 11.3 Å². The molecule has 0 spiro atoms. The SMILES string of the molecule is C=C(O)Cc1nn(-c2ccccc2)c(N)c1C. The molecule has 0 fully saturated rings. The van der Waals surface area contributed by atoms with Crippen LogP contribution in [0.3, 0.4) is 0 Å². The number of para-hydroxylation sites is 1. The Morgan fingerprint density at radius 1 is 1.41 bits per heavy atom. The summed E-state index contributed by atoms with van der Waals surface area (Å²) in [7, 11) is 0. The van der Waals surface area contributed by atoms with Crippen molar-refractivity contribution in [1.82, 2.24) is 9.78 Å². The largest absolute Gasteiger partial charge is 0.513 e. The van der Waals surface area contributed by atoms with Gasteiger partial charge in [-0.05, 0) is 19.1 Å². The van der Waals surface area contributed by atoms with Gasteiger partial charge in [0.1, 0.15) is 5.82 Å². The van der Waals surface area contributed by atoms with E-state index in [1.807, 2.05) is 37.3 Å². The molecule has 0 bridgehead atoms. The van der Waals surface area contributed by atoms with Gasteiger partial charge in [0, 0.05) is 12.0 Å². The second kappa shape index (κ2) is 4.33. The number of aliphatic hydroxyl groups is 1. The molecule has 0 atom stereocenters. The first kappa shape index (κ1) is 11.3. The minimum absolute atomic E-state index is 0.0887. The van der Waals surface area contributed by atoms with Crippen molar-refractivity contribution in [3.63, 3.8) is 0 Å². The molecule has 0 unspecified atom stereocenters. The van der Waals surface area contributed by atoms with Crippen LogP contribution in [0.15, 0.2) is 42.7 Å². The maximum absolute atomic E-state index is 9.22. The Morgan fingerprint density at radius 3 is 2.65 bits per heavy atom. The van der Waals surface area contributed by atoms with E-state index in [0.29, 0.717) is 12.2 Å². The Morgan fingerprint density at radius 2 is 2.06 bits per heavy atom. The molecule has 0 saturated carbocycles. The van der Waals surface area contributed by atoms with Gasteiger partial charge in [0.05, 0.1) is 17.1 Å². The van der Waals surface area contributed by atoms with E-state index in [0.717, 1.165) is 16.9 Å². The summed E-state index contributed by atoms with van der Waals surface area (Å²) in [4.78, 5) is 0. The van der Waals surface area contributed by atoms with E-state index in [-0.39, 0.29) is 5.76 Å². The summed E-state index contributed by atoms with van der Waals surface area (Å²) >= 11 is 0. The van der Waals surface area contributed by atoms with Gasteiger partial charge >= 0.3 is 0 Å². The summed E-state index contributed by atoms with van der Waals surface area (Å²) in [6.07, 6.45) is 0.329. The van der Waals surface area contributed by atoms with Crippen molar-refractivity contribution in [3.05, 3.63) is 53.9 Å². The minimum atomic E-state index is 0.0887. The van der Waals surface area contributed by atoms with Crippen molar-refractivity contribution in [2.75, 3.05) is 5.73 Å². The number of hydrogen-bond acceptors (Lipinski definition) is 3. The molecule has 2 rings (SSSR count). The fourth-order valence-corrected chi connectivity index (χ4v) is 1.68. The standard InChI is InChI=1S/C13H15N3O/c1-9(17)8-12-10(2)13(14)16(15-12)11-6-4-3-5-7-11/h3-7,17H,1,8,14H2,2H3. The number of aromatic nitrogens is 2. The third kappa shape index (κ3) is 2.15. The van der Waals surface area contributed by atoms with E-state index in [4.69, 9.17) is 5.73 Å². The van der Waals surface area contributed by atoms with Crippen LogP contribution >= 0.6 is 0 Å². The van der Waals surface area contributed by atoms with Crippen LogP contribution in [-0.2, 0) is 6.42 Å². The predicted octanol–water partition coefficient (Wildman–Crippen LogP) is 2.38. The topological polar surface area (TPSA) is 64.1 Å². The number of hydrogen-bond donors (Lipinski definition) is 2. The van der Waals surface area contributed by atoms with Crippen molar-refractivity contribution in [3.8, 4) is 5.69 Å². The Balaban J connectivity index is 2.46. The van der Waals surface area contributed by atoms with Gasteiger partial charge < -0.3 is 10.8 Å². The molecule has 0 aliphatic heterocycles. The molecule has 17 heavy (non-hydrogen) atoms. The zero-order valence-corrected chi connectivity index (χ0v) is 9.72. The van der Waals surface area contributed by atoms with Gasteiger partial charge in [-0.15, -0.1) is 0 Å². The van der Waals surface area contributed by atoms with Crippen molar-refractivity contribution in [1.29, 1.82) is 0 Å². The molecule has 88 valence electrons. The minimum Gasteiger partial charge on any atom is -0.513 e. The average Bonchev–Trinajstić information content (AvgIpc) is 2.58. The van der Waals surface area contributed by atoms with Crippen LogP contribution < -0.4 is 5.73 Å². The molecule has 0 aliphatic carbocycles. The number of benzene rings is 1. The monoisotopic (exact) mass is 229 g/mol. The number of anilines is 1. The average molecular weight is 229 g/mol. The molecule has 0 aliphatic rings. The fraction of sp³-hybridized carbons (Fsp3) is 0.154. The first-order valence-corrected chi connectivity index (χ1v) is 5.35. The second-order valence-electron chi connectivity index (χ2n) is 3.95. The van der Waals surface area contributed by atoms with Crippen molar-refractivity contribution >= 4 is 5.82 Å². The van der Waals surface area contributed by atoms with Crippen molar-refractivity contribution in [2.45, 2.75) is 13.3 Å². The fourth-order valence-electron chi connectivity index (χ4n) is 1.68. The van der Waals surface area contributed by atoms with Crippen LogP contribution in [0.5, 0.6) is 0 Å². The van der Waals surface area contributed by atoms with E-state index in [2.05, 4.69) is 11.7 Å². The lowest BCUT2D eigenvalue weighted by molar-refractivity contribution is 0.399. The summed E-state index contributed by atoms with van der Waals surface area (Å²) in [6.45, 7) is 5.36. The number of nitrogens with two attached hydrogens (primary N) is 1. The molecule has 1 aromatic heterocycles. The third-order valence-electron chi connectivity index (χ3n) is 2.64. The highest BCUT2D eigenvalue weighted by molar-refractivity contribution is 5.49. The highest BCUT2D eigenvalue weighted by Crippen LogP contribution is 2.21. The summed E-state index contributed by atoms with van der Waals surface area (Å²) in [5.41, 5.74) is 8.53. The number of allylic oxidation sites excluding steroid dienone is 1. The number of nitrogen functional groups attached to an aromatic ring is 1. The van der Waals surface area contributed by atoms with Gasteiger partial charge in [-0.2, -0.15) is 5.10 Å². The zero-order valence-electron chi connectivity index (χ0n) is 9.72. The highest BCUT2D eigenvalue weighted by atomic mass is 16.3. The lowest BCUT2D eigenvalue weighted by Gasteiger charge is -2.02. The zero-order chi connectivity index (χ0) is 12.4. The molecular formula is C13H15N3O. The Hall–Kier alpha value is -2.23. The molecule has 4 heteroatoms. The number of rotatable bonds is 3. The predicted molar refractivity (Wildman–Crippen MR) is 68.2 cm³/mol. The smallest absolute Gasteiger partial charge is 0.130 e. The lowest BCUT2D eigenvalue weighted by atomic mass is 10.2. The summed E-state index contributed by atoms with van der Waals surface area (Å²) in [6, 6.07) is 9.65. The van der Waals surface area contributed by atoms with E-state index in [1.165, 1.54) is 0 Å². The van der Waals surface area contributed by atoms with Crippen molar-refractivity contribution in [2.24, 2.45) is 0 Å². The van der Waals surface area contributed by atoms with Crippen molar-refractivity contribution < 1.29 is 5.11 Å². The molecule has 1 heterocycles. The Labute approximate surface area is 100 Å². The first-order chi connectivity index (χ1) is 8.09. The Bertz CT molecular complexity index is 543. The van der Waals surface area contributed by atoms with Gasteiger partial charge in [0.15, 0.2) is 0 Å². The van der Waals surface area contributed by atoms with E-state index in [9.17, 15) is 5.11 Å². The van der Waals surface area contributed by atoms with E-state index >= 15 is 0 Å². The summed E-state index contributed by atoms with van der Waals surface area (Å²) in [5, 5.41) is 13.6. The normalized spacial score (nSPS) is 10.4. The number of nitrogens with zero attached hydrogens (tertiary/aromatic N) is 2. The maximum Gasteiger partial charge on any atom is 0.130 e. The third-order valence-corrected chi connectivity index (χ3v) is 2.64. The quantitative estimate of drug-likeness (QED) is 0.794. The molecule has 2 aromatic rings. The van der Waals surface area contributed by atoms with Crippen LogP contribution in [-0.4, -0.2) is 14.9 Å². The Kier molecular flexibility index (Phi) is 2.87. The van der Waals surface area contributed by atoms with Gasteiger partial charge in [0.2, 0.25) is 0 Å². The second-order valence-corrected chi connectivity index (χ2v) is 3.95. The van der Waals surface area contributed by atoms with Gasteiger partial charge in [-0.25, -0.2) is 4.68 Å². The van der Waals surface area contributed by atoms with Gasteiger partial charge in [0.25, 0.3) is 0 Å². The molecule has 0 saturated heterocycles. The van der Waals surface area contributed by atoms with Crippen LogP contribution in [0.2, 0.25) is 0 Å². The lowest BCUT2D eigenvalue weighted by Crippen LogP contribution is -2.02. The van der Waals surface area contributed by atoms with E-state index < -0.39 is 0 Å². The number of aliphatic hydroxyl groups excluding tert-OH is 1. The maximum atomic E-state index is 9.22. The van der Waals surface area contributed by atoms with Crippen LogP contribution in [0.4, 0.5) is 5.82 Å². The molecule has 1 aromatic carbocycles. The molecule has 4 nitrogen and oxygen atoms in total. The van der Waals surface area contributed by atoms with Gasteiger partial charge in [-0.1, -0.05) is 24.8 Å².